The van der Waals surface area contributed by atoms with Crippen LogP contribution in [0.5, 0.6) is 0 Å². The van der Waals surface area contributed by atoms with Crippen LogP contribution in [-0.2, 0) is 14.4 Å². The van der Waals surface area contributed by atoms with Gasteiger partial charge in [-0.25, -0.2) is 4.79 Å². The molecule has 192 valence electrons. The fourth-order valence-corrected chi connectivity index (χ4v) is 4.05. The average molecular weight is 498 g/mol. The second-order valence-electron chi connectivity index (χ2n) is 7.72. The Morgan fingerprint density at radius 2 is 1.68 bits per heavy atom. The van der Waals surface area contributed by atoms with E-state index in [2.05, 4.69) is 17.5 Å². The third kappa shape index (κ3) is 19.1. The molecule has 5 N–H and O–H groups in total. The summed E-state index contributed by atoms with van der Waals surface area (Å²) in [5.41, 5.74) is 0. The summed E-state index contributed by atoms with van der Waals surface area (Å²) < 4.78 is 0. The van der Waals surface area contributed by atoms with E-state index < -0.39 is 35.2 Å². The maximum atomic E-state index is 11.3. The lowest BCUT2D eigenvalue weighted by atomic mass is 10.1. The number of aliphatic carboxylic acids is 2. The number of amides is 1. The van der Waals surface area contributed by atoms with Gasteiger partial charge in [0, 0.05) is 31.0 Å². The molecule has 0 aromatic carbocycles. The van der Waals surface area contributed by atoms with E-state index in [-0.39, 0.29) is 25.2 Å². The minimum atomic E-state index is -1.16. The summed E-state index contributed by atoms with van der Waals surface area (Å²) >= 11 is 1.20. The number of aliphatic hydroxyl groups is 2. The SMILES string of the molecule is CC(=O)N[C@@H](CS[C@H](/C=C/C=C/C=C\C/C=C\CCCCCO)[C@@H](O)CCCC(=O)O)C(=O)O. The van der Waals surface area contributed by atoms with Crippen molar-refractivity contribution in [3.63, 3.8) is 0 Å². The first kappa shape index (κ1) is 31.6. The number of carboxylic acid groups (broad SMARTS) is 2. The number of hydrogen-bond donors (Lipinski definition) is 5. The van der Waals surface area contributed by atoms with Crippen LogP contribution in [0.3, 0.4) is 0 Å². The molecule has 0 fully saturated rings. The number of carboxylic acids is 2. The second-order valence-corrected chi connectivity index (χ2v) is 8.93. The zero-order valence-corrected chi connectivity index (χ0v) is 20.7. The first-order valence-electron chi connectivity index (χ1n) is 11.5. The van der Waals surface area contributed by atoms with E-state index in [1.54, 1.807) is 18.2 Å². The molecule has 0 saturated heterocycles. The standard InChI is InChI=1S/C25H39NO7S/c1-20(28)26-21(25(32)33)19-34-23(22(29)15-14-17-24(30)31)16-12-10-8-6-4-2-3-5-7-9-11-13-18-27/h3-6,8,10,12,16,21-23,27,29H,2,7,9,11,13-15,17-19H2,1H3,(H,26,28)(H,30,31)(H,32,33)/b5-3-,6-4-,10-8+,16-12+/t21-,22-,23+/m0/s1. The molecule has 34 heavy (non-hydrogen) atoms. The Bertz CT molecular complexity index is 703. The number of carbonyl (C=O) groups is 3. The Morgan fingerprint density at radius 3 is 2.32 bits per heavy atom. The molecule has 3 atom stereocenters. The summed E-state index contributed by atoms with van der Waals surface area (Å²) in [6.45, 7) is 1.49. The summed E-state index contributed by atoms with van der Waals surface area (Å²) in [7, 11) is 0. The van der Waals surface area contributed by atoms with E-state index in [1.165, 1.54) is 18.7 Å². The van der Waals surface area contributed by atoms with Crippen LogP contribution in [0.1, 0.15) is 58.3 Å². The van der Waals surface area contributed by atoms with Crippen molar-refractivity contribution in [2.45, 2.75) is 75.7 Å². The Kier molecular flexibility index (Phi) is 19.7. The van der Waals surface area contributed by atoms with E-state index in [1.807, 2.05) is 18.2 Å². The van der Waals surface area contributed by atoms with Crippen LogP contribution >= 0.6 is 11.8 Å². The molecule has 0 saturated carbocycles. The van der Waals surface area contributed by atoms with Gasteiger partial charge >= 0.3 is 11.9 Å². The fraction of sp³-hybridized carbons (Fsp3) is 0.560. The van der Waals surface area contributed by atoms with Gasteiger partial charge < -0.3 is 25.7 Å². The van der Waals surface area contributed by atoms with Crippen molar-refractivity contribution in [2.24, 2.45) is 0 Å². The Hall–Kier alpha value is -2.36. The quantitative estimate of drug-likeness (QED) is 0.0977. The lowest BCUT2D eigenvalue weighted by Gasteiger charge is -2.21. The van der Waals surface area contributed by atoms with Crippen LogP contribution in [0.25, 0.3) is 0 Å². The molecule has 0 aromatic heterocycles. The van der Waals surface area contributed by atoms with Crippen molar-refractivity contribution < 1.29 is 34.8 Å². The predicted octanol–water partition coefficient (Wildman–Crippen LogP) is 3.46. The van der Waals surface area contributed by atoms with Gasteiger partial charge in [-0.15, -0.1) is 11.8 Å². The van der Waals surface area contributed by atoms with Gasteiger partial charge in [0.1, 0.15) is 6.04 Å². The third-order valence-electron chi connectivity index (χ3n) is 4.64. The lowest BCUT2D eigenvalue weighted by molar-refractivity contribution is -0.140. The zero-order valence-electron chi connectivity index (χ0n) is 19.8. The van der Waals surface area contributed by atoms with Crippen molar-refractivity contribution in [3.05, 3.63) is 48.6 Å². The van der Waals surface area contributed by atoms with Gasteiger partial charge in [-0.1, -0.05) is 55.0 Å². The Morgan fingerprint density at radius 1 is 0.941 bits per heavy atom. The van der Waals surface area contributed by atoms with Crippen molar-refractivity contribution in [2.75, 3.05) is 12.4 Å². The minimum absolute atomic E-state index is 0.0520. The molecular weight excluding hydrogens is 458 g/mol. The highest BCUT2D eigenvalue weighted by Crippen LogP contribution is 2.21. The van der Waals surface area contributed by atoms with Crippen LogP contribution in [-0.4, -0.2) is 68.0 Å². The molecule has 0 aliphatic rings. The number of rotatable bonds is 20. The Balaban J connectivity index is 4.73. The average Bonchev–Trinajstić information content (AvgIpc) is 2.77. The summed E-state index contributed by atoms with van der Waals surface area (Å²) in [6.07, 6.45) is 19.7. The van der Waals surface area contributed by atoms with Crippen LogP contribution in [0, 0.1) is 0 Å². The molecule has 0 radical (unpaired) electrons. The maximum Gasteiger partial charge on any atom is 0.327 e. The van der Waals surface area contributed by atoms with Crippen LogP contribution in [0.4, 0.5) is 0 Å². The highest BCUT2D eigenvalue weighted by molar-refractivity contribution is 8.00. The molecule has 0 heterocycles. The van der Waals surface area contributed by atoms with E-state index in [0.29, 0.717) is 6.42 Å². The molecule has 0 bridgehead atoms. The maximum absolute atomic E-state index is 11.3. The van der Waals surface area contributed by atoms with Gasteiger partial charge in [0.15, 0.2) is 0 Å². The van der Waals surface area contributed by atoms with Crippen molar-refractivity contribution in [1.82, 2.24) is 5.32 Å². The lowest BCUT2D eigenvalue weighted by Crippen LogP contribution is -2.42. The van der Waals surface area contributed by atoms with Gasteiger partial charge in [-0.2, -0.15) is 0 Å². The largest absolute Gasteiger partial charge is 0.481 e. The number of allylic oxidation sites excluding steroid dienone is 7. The molecule has 9 heteroatoms. The smallest absolute Gasteiger partial charge is 0.327 e. The summed E-state index contributed by atoms with van der Waals surface area (Å²) in [5, 5.41) is 39.2. The number of nitrogens with one attached hydrogen (secondary N) is 1. The predicted molar refractivity (Wildman–Crippen MR) is 136 cm³/mol. The van der Waals surface area contributed by atoms with Crippen molar-refractivity contribution >= 4 is 29.6 Å². The monoisotopic (exact) mass is 497 g/mol. The zero-order chi connectivity index (χ0) is 25.6. The van der Waals surface area contributed by atoms with Gasteiger partial charge in [-0.05, 0) is 38.5 Å². The first-order chi connectivity index (χ1) is 16.3. The highest BCUT2D eigenvalue weighted by Gasteiger charge is 2.23. The topological polar surface area (TPSA) is 144 Å². The molecule has 0 spiro atoms. The number of unbranched alkanes of at least 4 members (excludes halogenated alkanes) is 3. The summed E-state index contributed by atoms with van der Waals surface area (Å²) in [5.74, 6) is -2.48. The molecule has 1 amide bonds. The number of carbonyl (C=O) groups excluding carboxylic acids is 1. The van der Waals surface area contributed by atoms with E-state index in [0.717, 1.165) is 32.1 Å². The van der Waals surface area contributed by atoms with Crippen molar-refractivity contribution in [3.8, 4) is 0 Å². The molecule has 0 aliphatic heterocycles. The molecule has 8 nitrogen and oxygen atoms in total. The van der Waals surface area contributed by atoms with Crippen LogP contribution < -0.4 is 5.32 Å². The van der Waals surface area contributed by atoms with Crippen molar-refractivity contribution in [1.29, 1.82) is 0 Å². The number of aliphatic hydroxyl groups excluding tert-OH is 2. The number of thioether (sulfide) groups is 1. The third-order valence-corrected chi connectivity index (χ3v) is 6.02. The van der Waals surface area contributed by atoms with Gasteiger partial charge in [-0.3, -0.25) is 9.59 Å². The van der Waals surface area contributed by atoms with Gasteiger partial charge in [0.25, 0.3) is 0 Å². The molecule has 0 aliphatic carbocycles. The van der Waals surface area contributed by atoms with E-state index in [9.17, 15) is 24.6 Å². The van der Waals surface area contributed by atoms with Crippen LogP contribution in [0.15, 0.2) is 48.6 Å². The van der Waals surface area contributed by atoms with Gasteiger partial charge in [0.05, 0.1) is 6.10 Å². The fourth-order valence-electron chi connectivity index (χ4n) is 2.85. The Labute approximate surface area is 206 Å². The highest BCUT2D eigenvalue weighted by atomic mass is 32.2. The van der Waals surface area contributed by atoms with E-state index in [4.69, 9.17) is 10.2 Å². The molecular formula is C25H39NO7S. The molecule has 0 unspecified atom stereocenters. The van der Waals surface area contributed by atoms with E-state index >= 15 is 0 Å². The number of hydrogen-bond acceptors (Lipinski definition) is 6. The summed E-state index contributed by atoms with van der Waals surface area (Å²) in [6, 6.07) is -1.08. The normalized spacial score (nSPS) is 14.8. The first-order valence-corrected chi connectivity index (χ1v) is 12.6. The second kappa shape index (κ2) is 21.2. The molecule has 0 aromatic rings. The summed E-state index contributed by atoms with van der Waals surface area (Å²) in [4.78, 5) is 33.3. The van der Waals surface area contributed by atoms with Crippen LogP contribution in [0.2, 0.25) is 0 Å². The molecule has 0 rings (SSSR count). The minimum Gasteiger partial charge on any atom is -0.481 e. The van der Waals surface area contributed by atoms with Gasteiger partial charge in [0.2, 0.25) is 5.91 Å².